The molecular weight excluding hydrogens is 233 g/mol. The Morgan fingerprint density at radius 1 is 1.50 bits per heavy atom. The van der Waals surface area contributed by atoms with Crippen molar-refractivity contribution in [2.45, 2.75) is 0 Å². The van der Waals surface area contributed by atoms with Crippen molar-refractivity contribution < 1.29 is 17.9 Å². The molecule has 0 fully saturated rings. The number of halogens is 2. The number of aromatic hydroxyl groups is 1. The first-order valence-electron chi connectivity index (χ1n) is 3.45. The fraction of sp³-hybridized carbons (Fsp3) is 0.143. The van der Waals surface area contributed by atoms with Crippen molar-refractivity contribution >= 4 is 27.3 Å². The van der Waals surface area contributed by atoms with Gasteiger partial charge in [0.1, 0.15) is 11.6 Å². The molecule has 0 saturated heterocycles. The van der Waals surface area contributed by atoms with Crippen molar-refractivity contribution in [1.82, 2.24) is 0 Å². The van der Waals surface area contributed by atoms with Crippen molar-refractivity contribution in [1.29, 1.82) is 0 Å². The second-order valence-electron chi connectivity index (χ2n) is 2.66. The summed E-state index contributed by atoms with van der Waals surface area (Å²) >= 11 is 5.39. The third-order valence-corrected chi connectivity index (χ3v) is 2.21. The summed E-state index contributed by atoms with van der Waals surface area (Å²) in [6.45, 7) is 0. The third-order valence-electron chi connectivity index (χ3n) is 1.33. The largest absolute Gasteiger partial charge is 0.506 e. The van der Waals surface area contributed by atoms with Crippen LogP contribution in [0.25, 0.3) is 0 Å². The Labute approximate surface area is 85.4 Å². The van der Waals surface area contributed by atoms with Crippen molar-refractivity contribution in [2.75, 3.05) is 11.0 Å². The number of phenolic OH excluding ortho intramolecular Hbond substituents is 1. The van der Waals surface area contributed by atoms with Gasteiger partial charge in [0.2, 0.25) is 10.0 Å². The fourth-order valence-corrected chi connectivity index (χ4v) is 1.54. The highest BCUT2D eigenvalue weighted by molar-refractivity contribution is 7.92. The van der Waals surface area contributed by atoms with Crippen LogP contribution in [0.2, 0.25) is 5.02 Å². The van der Waals surface area contributed by atoms with Crippen LogP contribution in [-0.2, 0) is 10.0 Å². The van der Waals surface area contributed by atoms with Crippen LogP contribution in [0.3, 0.4) is 0 Å². The molecular formula is C7H7ClFNO3S. The number of phenols is 1. The van der Waals surface area contributed by atoms with Crippen LogP contribution >= 0.6 is 11.6 Å². The molecule has 0 bridgehead atoms. The van der Waals surface area contributed by atoms with Crippen LogP contribution in [0.5, 0.6) is 5.75 Å². The average Bonchev–Trinajstić information content (AvgIpc) is 1.97. The molecule has 0 aliphatic carbocycles. The highest BCUT2D eigenvalue weighted by Gasteiger charge is 2.10. The number of sulfonamides is 1. The zero-order valence-corrected chi connectivity index (χ0v) is 8.66. The topological polar surface area (TPSA) is 66.4 Å². The Morgan fingerprint density at radius 2 is 2.07 bits per heavy atom. The van der Waals surface area contributed by atoms with E-state index in [1.807, 2.05) is 4.72 Å². The maximum Gasteiger partial charge on any atom is 0.229 e. The van der Waals surface area contributed by atoms with Crippen LogP contribution in [0.4, 0.5) is 10.1 Å². The smallest absolute Gasteiger partial charge is 0.229 e. The fourth-order valence-electron chi connectivity index (χ4n) is 0.818. The average molecular weight is 240 g/mol. The Bertz CT molecular complexity index is 460. The Hall–Kier alpha value is -1.01. The predicted molar refractivity (Wildman–Crippen MR) is 51.5 cm³/mol. The summed E-state index contributed by atoms with van der Waals surface area (Å²) in [5.41, 5.74) is -0.154. The van der Waals surface area contributed by atoms with Gasteiger partial charge in [-0.2, -0.15) is 0 Å². The maximum atomic E-state index is 12.7. The molecule has 0 atom stereocenters. The molecule has 1 aromatic carbocycles. The molecule has 0 unspecified atom stereocenters. The molecule has 4 nitrogen and oxygen atoms in total. The molecule has 0 spiro atoms. The Kier molecular flexibility index (Phi) is 2.86. The third kappa shape index (κ3) is 2.74. The normalized spacial score (nSPS) is 11.4. The summed E-state index contributed by atoms with van der Waals surface area (Å²) in [6.07, 6.45) is 0.906. The molecule has 1 rings (SSSR count). The minimum absolute atomic E-state index is 0.154. The minimum atomic E-state index is -3.52. The SMILES string of the molecule is CS(=O)(=O)Nc1cc(Cl)c(F)cc1O. The van der Waals surface area contributed by atoms with E-state index in [4.69, 9.17) is 16.7 Å². The van der Waals surface area contributed by atoms with E-state index in [-0.39, 0.29) is 10.7 Å². The molecule has 7 heteroatoms. The molecule has 78 valence electrons. The number of hydrogen-bond donors (Lipinski definition) is 2. The van der Waals surface area contributed by atoms with Crippen LogP contribution in [0.1, 0.15) is 0 Å². The standard InChI is InChI=1S/C7H7ClFNO3S/c1-14(12,13)10-6-2-4(8)5(9)3-7(6)11/h2-3,10-11H,1H3. The molecule has 0 saturated carbocycles. The highest BCUT2D eigenvalue weighted by atomic mass is 35.5. The summed E-state index contributed by atoms with van der Waals surface area (Å²) in [6, 6.07) is 1.73. The molecule has 0 radical (unpaired) electrons. The quantitative estimate of drug-likeness (QED) is 0.770. The van der Waals surface area contributed by atoms with E-state index in [2.05, 4.69) is 0 Å². The molecule has 0 aliphatic rings. The van der Waals surface area contributed by atoms with Gasteiger partial charge in [0.25, 0.3) is 0 Å². The lowest BCUT2D eigenvalue weighted by Crippen LogP contribution is -2.09. The molecule has 2 N–H and O–H groups in total. The van der Waals surface area contributed by atoms with E-state index in [0.717, 1.165) is 18.4 Å². The Balaban J connectivity index is 3.17. The lowest BCUT2D eigenvalue weighted by atomic mass is 10.3. The van der Waals surface area contributed by atoms with Gasteiger partial charge in [0.05, 0.1) is 17.0 Å². The summed E-state index contributed by atoms with van der Waals surface area (Å²) in [4.78, 5) is 0. The second-order valence-corrected chi connectivity index (χ2v) is 4.81. The van der Waals surface area contributed by atoms with Gasteiger partial charge in [-0.25, -0.2) is 12.8 Å². The molecule has 0 heterocycles. The highest BCUT2D eigenvalue weighted by Crippen LogP contribution is 2.29. The Morgan fingerprint density at radius 3 is 2.57 bits per heavy atom. The number of benzene rings is 1. The van der Waals surface area contributed by atoms with Gasteiger partial charge in [-0.05, 0) is 6.07 Å². The van der Waals surface area contributed by atoms with Gasteiger partial charge in [0.15, 0.2) is 0 Å². The number of anilines is 1. The minimum Gasteiger partial charge on any atom is -0.506 e. The van der Waals surface area contributed by atoms with Crippen molar-refractivity contribution in [3.63, 3.8) is 0 Å². The van der Waals surface area contributed by atoms with Crippen molar-refractivity contribution in [2.24, 2.45) is 0 Å². The first kappa shape index (κ1) is 11.1. The predicted octanol–water partition coefficient (Wildman–Crippen LogP) is 1.56. The van der Waals surface area contributed by atoms with Crippen LogP contribution in [-0.4, -0.2) is 19.8 Å². The summed E-state index contributed by atoms with van der Waals surface area (Å²) in [7, 11) is -3.52. The van der Waals surface area contributed by atoms with E-state index < -0.39 is 21.6 Å². The summed E-state index contributed by atoms with van der Waals surface area (Å²) in [5, 5.41) is 8.88. The van der Waals surface area contributed by atoms with E-state index in [1.165, 1.54) is 0 Å². The van der Waals surface area contributed by atoms with Gasteiger partial charge in [-0.15, -0.1) is 0 Å². The van der Waals surface area contributed by atoms with Gasteiger partial charge in [0, 0.05) is 6.07 Å². The monoisotopic (exact) mass is 239 g/mol. The van der Waals surface area contributed by atoms with Gasteiger partial charge >= 0.3 is 0 Å². The van der Waals surface area contributed by atoms with Gasteiger partial charge in [-0.1, -0.05) is 11.6 Å². The van der Waals surface area contributed by atoms with E-state index in [0.29, 0.717) is 0 Å². The zero-order valence-electron chi connectivity index (χ0n) is 7.08. The van der Waals surface area contributed by atoms with Crippen molar-refractivity contribution in [3.8, 4) is 5.75 Å². The van der Waals surface area contributed by atoms with Gasteiger partial charge < -0.3 is 5.11 Å². The first-order chi connectivity index (χ1) is 6.29. The summed E-state index contributed by atoms with van der Waals surface area (Å²) in [5.74, 6) is -1.33. The number of hydrogen-bond acceptors (Lipinski definition) is 3. The molecule has 14 heavy (non-hydrogen) atoms. The first-order valence-corrected chi connectivity index (χ1v) is 5.72. The van der Waals surface area contributed by atoms with Crippen LogP contribution < -0.4 is 4.72 Å². The molecule has 1 aromatic rings. The summed E-state index contributed by atoms with van der Waals surface area (Å²) < 4.78 is 36.3. The lowest BCUT2D eigenvalue weighted by Gasteiger charge is -2.06. The molecule has 0 aromatic heterocycles. The lowest BCUT2D eigenvalue weighted by molar-refractivity contribution is 0.471. The number of rotatable bonds is 2. The van der Waals surface area contributed by atoms with E-state index >= 15 is 0 Å². The van der Waals surface area contributed by atoms with E-state index in [9.17, 15) is 12.8 Å². The zero-order chi connectivity index (χ0) is 10.9. The van der Waals surface area contributed by atoms with E-state index in [1.54, 1.807) is 0 Å². The molecule has 0 aliphatic heterocycles. The second kappa shape index (κ2) is 3.62. The van der Waals surface area contributed by atoms with Crippen molar-refractivity contribution in [3.05, 3.63) is 23.0 Å². The van der Waals surface area contributed by atoms with Crippen LogP contribution in [0.15, 0.2) is 12.1 Å². The van der Waals surface area contributed by atoms with Crippen LogP contribution in [0, 0.1) is 5.82 Å². The number of nitrogens with one attached hydrogen (secondary N) is 1. The molecule has 0 amide bonds. The maximum absolute atomic E-state index is 12.7. The van der Waals surface area contributed by atoms with Gasteiger partial charge in [-0.3, -0.25) is 4.72 Å².